The number of hydrogen-bond acceptors (Lipinski definition) is 4. The van der Waals surface area contributed by atoms with Crippen molar-refractivity contribution in [2.45, 2.75) is 32.4 Å². The van der Waals surface area contributed by atoms with Crippen LogP contribution in [-0.4, -0.2) is 51.2 Å². The summed E-state index contributed by atoms with van der Waals surface area (Å²) in [6.07, 6.45) is 4.47. The van der Waals surface area contributed by atoms with E-state index < -0.39 is 10.3 Å². The maximum atomic E-state index is 6.23. The van der Waals surface area contributed by atoms with Gasteiger partial charge >= 0.3 is 0 Å². The van der Waals surface area contributed by atoms with E-state index in [1.807, 2.05) is 12.1 Å². The SMILES string of the molecule is CCN(CCOS(C)(C)C(C)(C)C)c1ccc(OC)c(OC)c1. The molecule has 0 aliphatic heterocycles. The molecule has 0 aliphatic carbocycles. The number of hydrogen-bond donors (Lipinski definition) is 0. The lowest BCUT2D eigenvalue weighted by Crippen LogP contribution is -2.30. The molecular weight excluding hydrogens is 310 g/mol. The van der Waals surface area contributed by atoms with E-state index in [0.29, 0.717) is 0 Å². The molecule has 0 aromatic heterocycles. The van der Waals surface area contributed by atoms with Crippen LogP contribution in [0.25, 0.3) is 0 Å². The third-order valence-electron chi connectivity index (χ3n) is 4.33. The fraction of sp³-hybridized carbons (Fsp3) is 0.667. The molecule has 0 spiro atoms. The van der Waals surface area contributed by atoms with Crippen molar-refractivity contribution >= 4 is 16.0 Å². The minimum absolute atomic E-state index is 0.188. The van der Waals surface area contributed by atoms with Crippen LogP contribution >= 0.6 is 10.3 Å². The second kappa shape index (κ2) is 8.15. The minimum Gasteiger partial charge on any atom is -0.493 e. The summed E-state index contributed by atoms with van der Waals surface area (Å²) < 4.78 is 17.1. The molecular formula is C18H33NO3S. The Balaban J connectivity index is 2.75. The van der Waals surface area contributed by atoms with Gasteiger partial charge in [-0.25, -0.2) is 0 Å². The van der Waals surface area contributed by atoms with E-state index in [1.165, 1.54) is 0 Å². The molecule has 0 atom stereocenters. The monoisotopic (exact) mass is 343 g/mol. The average molecular weight is 344 g/mol. The molecule has 0 aliphatic rings. The summed E-state index contributed by atoms with van der Waals surface area (Å²) in [4.78, 5) is 2.29. The summed E-state index contributed by atoms with van der Waals surface area (Å²) in [7, 11) is 2.24. The van der Waals surface area contributed by atoms with Gasteiger partial charge in [0.25, 0.3) is 0 Å². The fourth-order valence-electron chi connectivity index (χ4n) is 2.02. The minimum atomic E-state index is -1.08. The van der Waals surface area contributed by atoms with E-state index in [0.717, 1.165) is 36.9 Å². The molecule has 0 radical (unpaired) electrons. The summed E-state index contributed by atoms with van der Waals surface area (Å²) >= 11 is 0. The lowest BCUT2D eigenvalue weighted by molar-refractivity contribution is 0.352. The maximum absolute atomic E-state index is 6.23. The van der Waals surface area contributed by atoms with Crippen LogP contribution in [0, 0.1) is 0 Å². The second-order valence-corrected chi connectivity index (χ2v) is 10.7. The van der Waals surface area contributed by atoms with Crippen LogP contribution in [0.5, 0.6) is 11.5 Å². The number of benzene rings is 1. The van der Waals surface area contributed by atoms with Crippen LogP contribution in [0.1, 0.15) is 27.7 Å². The van der Waals surface area contributed by atoms with Gasteiger partial charge < -0.3 is 18.6 Å². The van der Waals surface area contributed by atoms with E-state index in [4.69, 9.17) is 13.7 Å². The largest absolute Gasteiger partial charge is 0.493 e. The molecule has 0 heterocycles. The normalized spacial score (nSPS) is 12.9. The van der Waals surface area contributed by atoms with Gasteiger partial charge in [0.2, 0.25) is 0 Å². The van der Waals surface area contributed by atoms with Crippen molar-refractivity contribution in [3.05, 3.63) is 18.2 Å². The first-order chi connectivity index (χ1) is 10.7. The highest BCUT2D eigenvalue weighted by Gasteiger charge is 2.28. The van der Waals surface area contributed by atoms with E-state index in [1.54, 1.807) is 14.2 Å². The number of rotatable bonds is 8. The number of ether oxygens (including phenoxy) is 2. The summed E-state index contributed by atoms with van der Waals surface area (Å²) in [5.74, 6) is 1.51. The highest BCUT2D eigenvalue weighted by molar-refractivity contribution is 8.29. The molecule has 1 aromatic rings. The van der Waals surface area contributed by atoms with Crippen LogP contribution in [0.4, 0.5) is 5.69 Å². The number of likely N-dealkylation sites (N-methyl/N-ethyl adjacent to an activating group) is 1. The highest BCUT2D eigenvalue weighted by Crippen LogP contribution is 2.53. The molecule has 1 aromatic carbocycles. The Labute approximate surface area is 143 Å². The fourth-order valence-corrected chi connectivity index (χ4v) is 2.87. The van der Waals surface area contributed by atoms with Crippen LogP contribution < -0.4 is 14.4 Å². The number of methoxy groups -OCH3 is 2. The van der Waals surface area contributed by atoms with Gasteiger partial charge in [0, 0.05) is 29.6 Å². The highest BCUT2D eigenvalue weighted by atomic mass is 32.3. The molecule has 0 fully saturated rings. The van der Waals surface area contributed by atoms with Gasteiger partial charge in [0.05, 0.1) is 20.8 Å². The van der Waals surface area contributed by atoms with Crippen LogP contribution in [0.2, 0.25) is 0 Å². The Bertz CT molecular complexity index is 498. The Kier molecular flexibility index (Phi) is 7.08. The van der Waals surface area contributed by atoms with Crippen LogP contribution in [0.3, 0.4) is 0 Å². The molecule has 0 unspecified atom stereocenters. The van der Waals surface area contributed by atoms with Gasteiger partial charge in [-0.05, 0) is 31.6 Å². The van der Waals surface area contributed by atoms with Gasteiger partial charge in [-0.15, -0.1) is 10.3 Å². The lowest BCUT2D eigenvalue weighted by Gasteiger charge is -2.44. The summed E-state index contributed by atoms with van der Waals surface area (Å²) in [5, 5.41) is 0. The standard InChI is InChI=1S/C18H33NO3S/c1-9-19(12-13-22-23(7,8)18(2,3)4)15-10-11-16(20-5)17(14-15)21-6/h10-11,14H,9,12-13H2,1-8H3. The van der Waals surface area contributed by atoms with Crippen molar-refractivity contribution in [3.8, 4) is 11.5 Å². The molecule has 0 saturated heterocycles. The Hall–Kier alpha value is -1.07. The van der Waals surface area contributed by atoms with Gasteiger partial charge in [-0.1, -0.05) is 20.8 Å². The lowest BCUT2D eigenvalue weighted by atomic mass is 10.2. The zero-order valence-corrected chi connectivity index (χ0v) is 16.8. The summed E-state index contributed by atoms with van der Waals surface area (Å²) in [6.45, 7) is 11.4. The third-order valence-corrected chi connectivity index (χ3v) is 8.03. The first kappa shape index (κ1) is 20.0. The van der Waals surface area contributed by atoms with E-state index in [2.05, 4.69) is 51.2 Å². The molecule has 0 bridgehead atoms. The van der Waals surface area contributed by atoms with E-state index in [9.17, 15) is 0 Å². The molecule has 134 valence electrons. The topological polar surface area (TPSA) is 30.9 Å². The Morgan fingerprint density at radius 1 is 1.04 bits per heavy atom. The van der Waals surface area contributed by atoms with Gasteiger partial charge in [-0.3, -0.25) is 0 Å². The van der Waals surface area contributed by atoms with Crippen molar-refractivity contribution in [1.82, 2.24) is 0 Å². The van der Waals surface area contributed by atoms with Crippen molar-refractivity contribution in [3.63, 3.8) is 0 Å². The summed E-state index contributed by atoms with van der Waals surface area (Å²) in [6, 6.07) is 6.03. The Morgan fingerprint density at radius 3 is 2.13 bits per heavy atom. The molecule has 0 amide bonds. The quantitative estimate of drug-likeness (QED) is 0.703. The first-order valence-corrected chi connectivity index (χ1v) is 10.4. The third kappa shape index (κ3) is 5.21. The van der Waals surface area contributed by atoms with Crippen molar-refractivity contribution < 1.29 is 13.7 Å². The maximum Gasteiger partial charge on any atom is 0.162 e. The molecule has 0 saturated carbocycles. The number of anilines is 1. The van der Waals surface area contributed by atoms with Crippen LogP contribution in [0.15, 0.2) is 18.2 Å². The predicted octanol–water partition coefficient (Wildman–Crippen LogP) is 4.32. The predicted molar refractivity (Wildman–Crippen MR) is 103 cm³/mol. The van der Waals surface area contributed by atoms with Crippen molar-refractivity contribution in [2.75, 3.05) is 51.3 Å². The average Bonchev–Trinajstić information content (AvgIpc) is 2.49. The molecule has 23 heavy (non-hydrogen) atoms. The second-order valence-electron chi connectivity index (χ2n) is 6.79. The van der Waals surface area contributed by atoms with Gasteiger partial charge in [-0.2, -0.15) is 0 Å². The number of nitrogens with zero attached hydrogens (tertiary/aromatic N) is 1. The van der Waals surface area contributed by atoms with Gasteiger partial charge in [0.1, 0.15) is 0 Å². The van der Waals surface area contributed by atoms with Crippen LogP contribution in [-0.2, 0) is 4.18 Å². The smallest absolute Gasteiger partial charge is 0.162 e. The van der Waals surface area contributed by atoms with E-state index >= 15 is 0 Å². The first-order valence-electron chi connectivity index (χ1n) is 8.00. The molecule has 4 nitrogen and oxygen atoms in total. The van der Waals surface area contributed by atoms with Crippen molar-refractivity contribution in [2.24, 2.45) is 0 Å². The van der Waals surface area contributed by atoms with Crippen molar-refractivity contribution in [1.29, 1.82) is 0 Å². The molecule has 0 N–H and O–H groups in total. The zero-order chi connectivity index (χ0) is 17.7. The van der Waals surface area contributed by atoms with Gasteiger partial charge in [0.15, 0.2) is 11.5 Å². The van der Waals surface area contributed by atoms with E-state index in [-0.39, 0.29) is 4.75 Å². The molecule has 1 rings (SSSR count). The molecule has 5 heteroatoms. The Morgan fingerprint density at radius 2 is 1.65 bits per heavy atom. The summed E-state index contributed by atoms with van der Waals surface area (Å²) in [5.41, 5.74) is 1.12. The zero-order valence-electron chi connectivity index (χ0n) is 15.9.